The van der Waals surface area contributed by atoms with Gasteiger partial charge in [0, 0.05) is 5.66 Å². The SMILES string of the molecule is CCC(C)C(C)C(C)P=O. The van der Waals surface area contributed by atoms with Crippen LogP contribution in [0.25, 0.3) is 0 Å². The van der Waals surface area contributed by atoms with Crippen LogP contribution in [-0.2, 0) is 4.57 Å². The average molecular weight is 160 g/mol. The predicted molar refractivity (Wildman–Crippen MR) is 45.7 cm³/mol. The predicted octanol–water partition coefficient (Wildman–Crippen LogP) is 3.35. The van der Waals surface area contributed by atoms with Crippen LogP contribution in [0.2, 0.25) is 0 Å². The van der Waals surface area contributed by atoms with Crippen LogP contribution in [0.1, 0.15) is 34.1 Å². The van der Waals surface area contributed by atoms with E-state index in [1.54, 1.807) is 0 Å². The molecule has 10 heavy (non-hydrogen) atoms. The minimum Gasteiger partial charge on any atom is -0.275 e. The van der Waals surface area contributed by atoms with Gasteiger partial charge in [0.15, 0.2) is 8.46 Å². The lowest BCUT2D eigenvalue weighted by atomic mass is 9.91. The lowest BCUT2D eigenvalue weighted by Crippen LogP contribution is -2.15. The summed E-state index contributed by atoms with van der Waals surface area (Å²) in [6.45, 7) is 8.59. The highest BCUT2D eigenvalue weighted by Gasteiger charge is 2.17. The summed E-state index contributed by atoms with van der Waals surface area (Å²) in [5.41, 5.74) is 0.315. The summed E-state index contributed by atoms with van der Waals surface area (Å²) < 4.78 is 10.5. The summed E-state index contributed by atoms with van der Waals surface area (Å²) >= 11 is 0. The summed E-state index contributed by atoms with van der Waals surface area (Å²) in [6.07, 6.45) is 1.18. The van der Waals surface area contributed by atoms with Crippen molar-refractivity contribution in [3.05, 3.63) is 0 Å². The van der Waals surface area contributed by atoms with Gasteiger partial charge in [-0.25, -0.2) is 0 Å². The van der Waals surface area contributed by atoms with E-state index in [-0.39, 0.29) is 0 Å². The van der Waals surface area contributed by atoms with Gasteiger partial charge in [-0.3, -0.25) is 4.57 Å². The fraction of sp³-hybridized carbons (Fsp3) is 1.00. The van der Waals surface area contributed by atoms with Gasteiger partial charge < -0.3 is 0 Å². The van der Waals surface area contributed by atoms with Crippen molar-refractivity contribution in [3.8, 4) is 0 Å². The Labute approximate surface area is 65.4 Å². The number of hydrogen-bond donors (Lipinski definition) is 0. The van der Waals surface area contributed by atoms with Gasteiger partial charge in [0.25, 0.3) is 0 Å². The van der Waals surface area contributed by atoms with E-state index in [0.29, 0.717) is 26.0 Å². The van der Waals surface area contributed by atoms with Crippen LogP contribution in [0.4, 0.5) is 0 Å². The van der Waals surface area contributed by atoms with Gasteiger partial charge in [0.2, 0.25) is 0 Å². The number of rotatable bonds is 4. The third-order valence-electron chi connectivity index (χ3n) is 2.47. The molecule has 0 aromatic carbocycles. The molecular weight excluding hydrogens is 143 g/mol. The van der Waals surface area contributed by atoms with Crippen LogP contribution in [0.15, 0.2) is 0 Å². The first-order valence-electron chi connectivity index (χ1n) is 3.95. The Kier molecular flexibility index (Phi) is 4.89. The van der Waals surface area contributed by atoms with Crippen molar-refractivity contribution in [2.45, 2.75) is 39.8 Å². The molecule has 3 unspecified atom stereocenters. The highest BCUT2D eigenvalue weighted by atomic mass is 31.1. The maximum atomic E-state index is 10.5. The van der Waals surface area contributed by atoms with Gasteiger partial charge in [-0.05, 0) is 11.8 Å². The molecule has 0 aliphatic carbocycles. The van der Waals surface area contributed by atoms with Crippen molar-refractivity contribution in [2.24, 2.45) is 11.8 Å². The summed E-state index contributed by atoms with van der Waals surface area (Å²) in [5.74, 6) is 1.26. The lowest BCUT2D eigenvalue weighted by Gasteiger charge is -2.19. The van der Waals surface area contributed by atoms with E-state index in [0.717, 1.165) is 0 Å². The number of hydrogen-bond acceptors (Lipinski definition) is 1. The fourth-order valence-corrected chi connectivity index (χ4v) is 1.43. The molecule has 0 amide bonds. The Morgan fingerprint density at radius 3 is 2.10 bits per heavy atom. The molecule has 0 aliphatic rings. The molecule has 0 aliphatic heterocycles. The van der Waals surface area contributed by atoms with Crippen LogP contribution < -0.4 is 0 Å². The Balaban J connectivity index is 3.80. The van der Waals surface area contributed by atoms with Crippen molar-refractivity contribution < 1.29 is 4.57 Å². The normalized spacial score (nSPS) is 20.4. The van der Waals surface area contributed by atoms with Crippen LogP contribution in [0.3, 0.4) is 0 Å². The molecule has 0 spiro atoms. The van der Waals surface area contributed by atoms with E-state index in [1.165, 1.54) is 6.42 Å². The largest absolute Gasteiger partial charge is 0.275 e. The average Bonchev–Trinajstić information content (AvgIpc) is 2.00. The molecular formula is C8H17OP. The first kappa shape index (κ1) is 10.1. The van der Waals surface area contributed by atoms with E-state index in [4.69, 9.17) is 0 Å². The van der Waals surface area contributed by atoms with Crippen molar-refractivity contribution in [3.63, 3.8) is 0 Å². The third-order valence-corrected chi connectivity index (χ3v) is 3.27. The molecule has 0 aromatic heterocycles. The molecule has 0 N–H and O–H groups in total. The Hall–Kier alpha value is 0.100. The van der Waals surface area contributed by atoms with Gasteiger partial charge >= 0.3 is 0 Å². The lowest BCUT2D eigenvalue weighted by molar-refractivity contribution is 0.370. The fourth-order valence-electron chi connectivity index (χ4n) is 0.943. The molecule has 0 radical (unpaired) electrons. The monoisotopic (exact) mass is 160 g/mol. The Bertz CT molecular complexity index is 103. The van der Waals surface area contributed by atoms with E-state index in [1.807, 2.05) is 6.92 Å². The molecule has 0 fully saturated rings. The van der Waals surface area contributed by atoms with Crippen molar-refractivity contribution in [2.75, 3.05) is 0 Å². The molecule has 0 aromatic rings. The van der Waals surface area contributed by atoms with E-state index >= 15 is 0 Å². The molecule has 0 saturated carbocycles. The summed E-state index contributed by atoms with van der Waals surface area (Å²) in [4.78, 5) is 0. The third kappa shape index (κ3) is 2.79. The van der Waals surface area contributed by atoms with Gasteiger partial charge in [0.1, 0.15) is 0 Å². The Morgan fingerprint density at radius 1 is 1.30 bits per heavy atom. The molecule has 3 atom stereocenters. The van der Waals surface area contributed by atoms with Crippen LogP contribution in [0, 0.1) is 11.8 Å². The highest BCUT2D eigenvalue weighted by molar-refractivity contribution is 7.24. The van der Waals surface area contributed by atoms with Gasteiger partial charge in [0.05, 0.1) is 0 Å². The molecule has 2 heteroatoms. The minimum absolute atomic E-state index is 0.292. The van der Waals surface area contributed by atoms with Crippen molar-refractivity contribution in [1.82, 2.24) is 0 Å². The zero-order valence-corrected chi connectivity index (χ0v) is 8.19. The topological polar surface area (TPSA) is 17.1 Å². The molecule has 0 heterocycles. The highest BCUT2D eigenvalue weighted by Crippen LogP contribution is 2.25. The van der Waals surface area contributed by atoms with Gasteiger partial charge in [-0.15, -0.1) is 0 Å². The van der Waals surface area contributed by atoms with Crippen LogP contribution >= 0.6 is 8.46 Å². The first-order valence-corrected chi connectivity index (χ1v) is 4.84. The van der Waals surface area contributed by atoms with Crippen LogP contribution in [-0.4, -0.2) is 5.66 Å². The van der Waals surface area contributed by atoms with Crippen molar-refractivity contribution in [1.29, 1.82) is 0 Å². The van der Waals surface area contributed by atoms with E-state index in [2.05, 4.69) is 20.8 Å². The van der Waals surface area contributed by atoms with Crippen molar-refractivity contribution >= 4 is 8.46 Å². The molecule has 0 rings (SSSR count). The zero-order chi connectivity index (χ0) is 8.15. The molecule has 0 saturated heterocycles. The maximum Gasteiger partial charge on any atom is 0.158 e. The van der Waals surface area contributed by atoms with Gasteiger partial charge in [-0.1, -0.05) is 34.1 Å². The summed E-state index contributed by atoms with van der Waals surface area (Å²) in [6, 6.07) is 0. The standard InChI is InChI=1S/C8H17OP/c1-5-6(2)7(3)8(4)10-9/h6-8H,5H2,1-4H3. The minimum atomic E-state index is 0.292. The summed E-state index contributed by atoms with van der Waals surface area (Å²) in [7, 11) is 0.292. The molecule has 60 valence electrons. The zero-order valence-electron chi connectivity index (χ0n) is 7.29. The maximum absolute atomic E-state index is 10.5. The first-order chi connectivity index (χ1) is 4.63. The van der Waals surface area contributed by atoms with E-state index < -0.39 is 0 Å². The molecule has 1 nitrogen and oxygen atoms in total. The second-order valence-corrected chi connectivity index (χ2v) is 4.12. The van der Waals surface area contributed by atoms with Crippen LogP contribution in [0.5, 0.6) is 0 Å². The van der Waals surface area contributed by atoms with E-state index in [9.17, 15) is 4.57 Å². The quantitative estimate of drug-likeness (QED) is 0.576. The second kappa shape index (κ2) is 4.85. The Morgan fingerprint density at radius 2 is 1.80 bits per heavy atom. The van der Waals surface area contributed by atoms with Gasteiger partial charge in [-0.2, -0.15) is 0 Å². The summed E-state index contributed by atoms with van der Waals surface area (Å²) in [5, 5.41) is 0. The second-order valence-electron chi connectivity index (χ2n) is 3.09. The smallest absolute Gasteiger partial charge is 0.158 e. The molecule has 0 bridgehead atoms.